The number of hydrogen-bond acceptors (Lipinski definition) is 5. The van der Waals surface area contributed by atoms with Crippen LogP contribution in [0.1, 0.15) is 21.5 Å². The summed E-state index contributed by atoms with van der Waals surface area (Å²) >= 11 is 0. The molecule has 1 amide bonds. The third-order valence-corrected chi connectivity index (χ3v) is 5.28. The maximum atomic E-state index is 13.6. The van der Waals surface area contributed by atoms with E-state index in [9.17, 15) is 22.4 Å². The van der Waals surface area contributed by atoms with Gasteiger partial charge in [-0.3, -0.25) is 4.79 Å². The zero-order chi connectivity index (χ0) is 25.9. The van der Waals surface area contributed by atoms with Gasteiger partial charge in [0.2, 0.25) is 5.88 Å². The van der Waals surface area contributed by atoms with Crippen LogP contribution in [0.3, 0.4) is 0 Å². The van der Waals surface area contributed by atoms with E-state index in [2.05, 4.69) is 20.6 Å². The van der Waals surface area contributed by atoms with E-state index in [1.165, 1.54) is 12.1 Å². The molecule has 0 saturated heterocycles. The number of benzene rings is 2. The van der Waals surface area contributed by atoms with Crippen LogP contribution in [-0.2, 0) is 6.18 Å². The SMILES string of the molecule is CNc1cc(-c2cccnc2Oc2cc(C(=O)Nc3ccc(F)c(C(F)(F)F)c3)ccc2C)ccn1. The molecule has 0 fully saturated rings. The minimum Gasteiger partial charge on any atom is -0.438 e. The lowest BCUT2D eigenvalue weighted by Crippen LogP contribution is -2.14. The summed E-state index contributed by atoms with van der Waals surface area (Å²) in [6, 6.07) is 14.1. The van der Waals surface area contributed by atoms with E-state index < -0.39 is 23.5 Å². The predicted octanol–water partition coefficient (Wildman–Crippen LogP) is 6.70. The molecule has 4 rings (SSSR count). The van der Waals surface area contributed by atoms with Gasteiger partial charge in [-0.2, -0.15) is 13.2 Å². The molecule has 2 heterocycles. The predicted molar refractivity (Wildman–Crippen MR) is 128 cm³/mol. The van der Waals surface area contributed by atoms with E-state index in [-0.39, 0.29) is 11.3 Å². The van der Waals surface area contributed by atoms with Crippen LogP contribution in [0, 0.1) is 12.7 Å². The van der Waals surface area contributed by atoms with Crippen molar-refractivity contribution in [1.29, 1.82) is 0 Å². The number of nitrogens with one attached hydrogen (secondary N) is 2. The fourth-order valence-electron chi connectivity index (χ4n) is 3.41. The molecular formula is C26H20F4N4O2. The third kappa shape index (κ3) is 5.43. The fourth-order valence-corrected chi connectivity index (χ4v) is 3.41. The summed E-state index contributed by atoms with van der Waals surface area (Å²) < 4.78 is 58.7. The van der Waals surface area contributed by atoms with Crippen molar-refractivity contribution < 1.29 is 27.1 Å². The van der Waals surface area contributed by atoms with Crippen LogP contribution in [0.15, 0.2) is 73.1 Å². The topological polar surface area (TPSA) is 76.1 Å². The normalized spacial score (nSPS) is 11.2. The van der Waals surface area contributed by atoms with Crippen molar-refractivity contribution in [3.8, 4) is 22.8 Å². The summed E-state index contributed by atoms with van der Waals surface area (Å²) in [5.41, 5.74) is 0.676. The van der Waals surface area contributed by atoms with E-state index >= 15 is 0 Å². The van der Waals surface area contributed by atoms with E-state index in [1.807, 2.05) is 12.1 Å². The van der Waals surface area contributed by atoms with E-state index in [0.717, 1.165) is 11.6 Å². The maximum absolute atomic E-state index is 13.6. The Balaban J connectivity index is 1.61. The van der Waals surface area contributed by atoms with Crippen molar-refractivity contribution in [3.63, 3.8) is 0 Å². The zero-order valence-corrected chi connectivity index (χ0v) is 19.2. The Morgan fingerprint density at radius 2 is 1.78 bits per heavy atom. The first-order chi connectivity index (χ1) is 17.2. The second kappa shape index (κ2) is 10.0. The van der Waals surface area contributed by atoms with Gasteiger partial charge in [-0.25, -0.2) is 14.4 Å². The molecule has 0 saturated carbocycles. The second-order valence-electron chi connectivity index (χ2n) is 7.76. The molecule has 0 atom stereocenters. The van der Waals surface area contributed by atoms with Gasteiger partial charge in [0.05, 0.1) is 5.56 Å². The highest BCUT2D eigenvalue weighted by molar-refractivity contribution is 6.04. The minimum absolute atomic E-state index is 0.132. The van der Waals surface area contributed by atoms with E-state index in [0.29, 0.717) is 40.7 Å². The maximum Gasteiger partial charge on any atom is 0.419 e. The average Bonchev–Trinajstić information content (AvgIpc) is 2.86. The molecule has 184 valence electrons. The number of alkyl halides is 3. The number of pyridine rings is 2. The third-order valence-electron chi connectivity index (χ3n) is 5.28. The number of halogens is 4. The number of aromatic nitrogens is 2. The average molecular weight is 496 g/mol. The lowest BCUT2D eigenvalue weighted by atomic mass is 10.1. The Labute approximate surface area is 204 Å². The molecule has 36 heavy (non-hydrogen) atoms. The second-order valence-corrected chi connectivity index (χ2v) is 7.76. The number of ether oxygens (including phenoxy) is 1. The molecule has 0 radical (unpaired) electrons. The van der Waals surface area contributed by atoms with Crippen LogP contribution in [0.25, 0.3) is 11.1 Å². The first-order valence-electron chi connectivity index (χ1n) is 10.7. The minimum atomic E-state index is -4.89. The van der Waals surface area contributed by atoms with Crippen LogP contribution in [-0.4, -0.2) is 22.9 Å². The van der Waals surface area contributed by atoms with Crippen LogP contribution in [0.4, 0.5) is 29.1 Å². The van der Waals surface area contributed by atoms with Crippen LogP contribution >= 0.6 is 0 Å². The van der Waals surface area contributed by atoms with Gasteiger partial charge in [-0.05, 0) is 72.6 Å². The largest absolute Gasteiger partial charge is 0.438 e. The lowest BCUT2D eigenvalue weighted by molar-refractivity contribution is -0.139. The molecule has 6 nitrogen and oxygen atoms in total. The monoisotopic (exact) mass is 496 g/mol. The van der Waals surface area contributed by atoms with Gasteiger partial charge in [0.25, 0.3) is 5.91 Å². The number of nitrogens with zero attached hydrogens (tertiary/aromatic N) is 2. The molecule has 2 N–H and O–H groups in total. The van der Waals surface area contributed by atoms with Gasteiger partial charge in [0.15, 0.2) is 0 Å². The Bertz CT molecular complexity index is 1420. The van der Waals surface area contributed by atoms with Crippen molar-refractivity contribution in [2.24, 2.45) is 0 Å². The Kier molecular flexibility index (Phi) is 6.86. The molecule has 0 aliphatic rings. The highest BCUT2D eigenvalue weighted by atomic mass is 19.4. The van der Waals surface area contributed by atoms with Crippen molar-refractivity contribution in [3.05, 3.63) is 95.6 Å². The summed E-state index contributed by atoms with van der Waals surface area (Å²) in [6.07, 6.45) is -1.68. The van der Waals surface area contributed by atoms with Gasteiger partial charge in [-0.1, -0.05) is 6.07 Å². The highest BCUT2D eigenvalue weighted by Gasteiger charge is 2.34. The molecule has 0 bridgehead atoms. The quantitative estimate of drug-likeness (QED) is 0.291. The summed E-state index contributed by atoms with van der Waals surface area (Å²) in [5, 5.41) is 5.34. The van der Waals surface area contributed by atoms with Crippen molar-refractivity contribution in [2.45, 2.75) is 13.1 Å². The highest BCUT2D eigenvalue weighted by Crippen LogP contribution is 2.35. The molecule has 4 aromatic rings. The summed E-state index contributed by atoms with van der Waals surface area (Å²) in [4.78, 5) is 21.3. The van der Waals surface area contributed by atoms with Crippen LogP contribution in [0.2, 0.25) is 0 Å². The first kappa shape index (κ1) is 24.6. The van der Waals surface area contributed by atoms with Crippen molar-refractivity contribution in [2.75, 3.05) is 17.7 Å². The molecule has 2 aromatic heterocycles. The Morgan fingerprint density at radius 1 is 0.972 bits per heavy atom. The van der Waals surface area contributed by atoms with E-state index in [1.54, 1.807) is 44.6 Å². The summed E-state index contributed by atoms with van der Waals surface area (Å²) in [6.45, 7) is 1.78. The molecule has 0 aliphatic heterocycles. The number of rotatable bonds is 6. The number of anilines is 2. The Hall–Kier alpha value is -4.47. The van der Waals surface area contributed by atoms with Crippen LogP contribution < -0.4 is 15.4 Å². The number of amides is 1. The van der Waals surface area contributed by atoms with Gasteiger partial charge in [-0.15, -0.1) is 0 Å². The first-order valence-corrected chi connectivity index (χ1v) is 10.7. The standard InChI is InChI=1S/C26H20F4N4O2/c1-15-5-6-17(24(35)34-18-7-8-21(27)20(14-18)26(28,29)30)12-22(15)36-25-19(4-3-10-33-25)16-9-11-32-23(13-16)31-2/h3-14H,1-2H3,(H,31,32)(H,34,35). The van der Waals surface area contributed by atoms with Crippen LogP contribution in [0.5, 0.6) is 11.6 Å². The summed E-state index contributed by atoms with van der Waals surface area (Å²) in [5.74, 6) is -0.825. The van der Waals surface area contributed by atoms with Gasteiger partial charge in [0.1, 0.15) is 17.4 Å². The molecule has 0 unspecified atom stereocenters. The number of carbonyl (C=O) groups is 1. The van der Waals surface area contributed by atoms with Crippen molar-refractivity contribution in [1.82, 2.24) is 9.97 Å². The molecule has 0 spiro atoms. The van der Waals surface area contributed by atoms with E-state index in [4.69, 9.17) is 4.74 Å². The smallest absolute Gasteiger partial charge is 0.419 e. The molecular weight excluding hydrogens is 476 g/mol. The summed E-state index contributed by atoms with van der Waals surface area (Å²) in [7, 11) is 1.75. The number of carbonyl (C=O) groups excluding carboxylic acids is 1. The van der Waals surface area contributed by atoms with Gasteiger partial charge in [0, 0.05) is 36.3 Å². The molecule has 0 aliphatic carbocycles. The molecule has 2 aromatic carbocycles. The van der Waals surface area contributed by atoms with Gasteiger partial charge < -0.3 is 15.4 Å². The van der Waals surface area contributed by atoms with Crippen molar-refractivity contribution >= 4 is 17.4 Å². The molecule has 10 heteroatoms. The zero-order valence-electron chi connectivity index (χ0n) is 19.2. The lowest BCUT2D eigenvalue weighted by Gasteiger charge is -2.14. The number of hydrogen-bond donors (Lipinski definition) is 2. The van der Waals surface area contributed by atoms with Gasteiger partial charge >= 0.3 is 6.18 Å². The number of aryl methyl sites for hydroxylation is 1. The fraction of sp³-hybridized carbons (Fsp3) is 0.115. The Morgan fingerprint density at radius 3 is 2.53 bits per heavy atom.